The Kier molecular flexibility index (Phi) is 4.47. The molecule has 28 heavy (non-hydrogen) atoms. The maximum Gasteiger partial charge on any atom is 0.154 e. The van der Waals surface area contributed by atoms with Crippen LogP contribution < -0.4 is 0 Å². The van der Waals surface area contributed by atoms with Crippen molar-refractivity contribution in [2.24, 2.45) is 4.99 Å². The number of hydrogen-bond acceptors (Lipinski definition) is 3. The van der Waals surface area contributed by atoms with Crippen molar-refractivity contribution in [2.75, 3.05) is 0 Å². The number of benzene rings is 2. The number of fused-ring (bicyclic) bond motifs is 3. The van der Waals surface area contributed by atoms with Gasteiger partial charge in [-0.2, -0.15) is 0 Å². The normalized spacial score (nSPS) is 15.5. The van der Waals surface area contributed by atoms with E-state index in [0.717, 1.165) is 44.1 Å². The van der Waals surface area contributed by atoms with Gasteiger partial charge in [-0.05, 0) is 65.9 Å². The number of rotatable bonds is 2. The van der Waals surface area contributed by atoms with E-state index in [-0.39, 0.29) is 6.04 Å². The fraction of sp³-hybridized carbons (Fsp3) is 0.0909. The summed E-state index contributed by atoms with van der Waals surface area (Å²) in [6, 6.07) is 18.4. The number of imidazole rings is 1. The molecule has 5 rings (SSSR count). The van der Waals surface area contributed by atoms with Gasteiger partial charge in [0.05, 0.1) is 29.4 Å². The highest BCUT2D eigenvalue weighted by Crippen LogP contribution is 2.37. The lowest BCUT2D eigenvalue weighted by Gasteiger charge is -2.13. The van der Waals surface area contributed by atoms with Crippen LogP contribution in [0.3, 0.4) is 0 Å². The Morgan fingerprint density at radius 1 is 1.07 bits per heavy atom. The van der Waals surface area contributed by atoms with Gasteiger partial charge in [0.25, 0.3) is 0 Å². The monoisotopic (exact) mass is 543 g/mol. The predicted molar refractivity (Wildman–Crippen MR) is 122 cm³/mol. The number of aromatic nitrogens is 2. The summed E-state index contributed by atoms with van der Waals surface area (Å²) in [6.45, 7) is 2.11. The second-order valence-electron chi connectivity index (χ2n) is 6.62. The minimum Gasteiger partial charge on any atom is -0.463 e. The lowest BCUT2D eigenvalue weighted by atomic mass is 10.0. The second kappa shape index (κ2) is 7.00. The van der Waals surface area contributed by atoms with Gasteiger partial charge in [-0.15, -0.1) is 0 Å². The van der Waals surface area contributed by atoms with Crippen molar-refractivity contribution in [3.05, 3.63) is 92.1 Å². The minimum absolute atomic E-state index is 0.0835. The molecule has 138 valence electrons. The molecule has 0 bridgehead atoms. The molecule has 4 nitrogen and oxygen atoms in total. The van der Waals surface area contributed by atoms with Crippen molar-refractivity contribution in [1.29, 1.82) is 0 Å². The molecule has 1 aliphatic rings. The van der Waals surface area contributed by atoms with E-state index < -0.39 is 0 Å². The summed E-state index contributed by atoms with van der Waals surface area (Å²) < 4.78 is 9.97. The maximum absolute atomic E-state index is 5.64. The molecular formula is C22H15BrIN3O. The number of halogens is 2. The van der Waals surface area contributed by atoms with E-state index in [1.807, 2.05) is 18.5 Å². The molecule has 2 aromatic carbocycles. The Morgan fingerprint density at radius 3 is 2.71 bits per heavy atom. The topological polar surface area (TPSA) is 43.3 Å². The van der Waals surface area contributed by atoms with E-state index in [2.05, 4.69) is 97.5 Å². The highest BCUT2D eigenvalue weighted by molar-refractivity contribution is 14.1. The van der Waals surface area contributed by atoms with Gasteiger partial charge < -0.3 is 4.42 Å². The largest absolute Gasteiger partial charge is 0.463 e. The summed E-state index contributed by atoms with van der Waals surface area (Å²) in [6.07, 6.45) is 3.54. The van der Waals surface area contributed by atoms with Crippen LogP contribution in [0.25, 0.3) is 17.1 Å². The maximum atomic E-state index is 5.64. The van der Waals surface area contributed by atoms with Gasteiger partial charge in [-0.25, -0.2) is 4.98 Å². The Morgan fingerprint density at radius 2 is 1.93 bits per heavy atom. The van der Waals surface area contributed by atoms with Crippen molar-refractivity contribution in [3.8, 4) is 17.1 Å². The van der Waals surface area contributed by atoms with E-state index in [9.17, 15) is 0 Å². The number of hydrogen-bond donors (Lipinski definition) is 0. The van der Waals surface area contributed by atoms with E-state index in [1.165, 1.54) is 3.57 Å². The number of aliphatic imine (C=N–C) groups is 1. The molecule has 0 amide bonds. The van der Waals surface area contributed by atoms with Gasteiger partial charge in [0.2, 0.25) is 0 Å². The van der Waals surface area contributed by atoms with Gasteiger partial charge >= 0.3 is 0 Å². The van der Waals surface area contributed by atoms with Crippen LogP contribution in [0.1, 0.15) is 29.8 Å². The zero-order valence-electron chi connectivity index (χ0n) is 14.9. The van der Waals surface area contributed by atoms with E-state index >= 15 is 0 Å². The van der Waals surface area contributed by atoms with Gasteiger partial charge in [0.1, 0.15) is 12.0 Å². The minimum atomic E-state index is -0.0835. The van der Waals surface area contributed by atoms with Gasteiger partial charge in [0, 0.05) is 19.2 Å². The van der Waals surface area contributed by atoms with Crippen LogP contribution in [0.4, 0.5) is 0 Å². The van der Waals surface area contributed by atoms with Crippen LogP contribution in [-0.4, -0.2) is 15.3 Å². The molecule has 1 atom stereocenters. The summed E-state index contributed by atoms with van der Waals surface area (Å²) in [5.41, 5.74) is 6.12. The highest BCUT2D eigenvalue weighted by Gasteiger charge is 2.28. The molecule has 1 aliphatic heterocycles. The summed E-state index contributed by atoms with van der Waals surface area (Å²) in [4.78, 5) is 9.82. The number of furan rings is 1. The van der Waals surface area contributed by atoms with Crippen LogP contribution in [-0.2, 0) is 0 Å². The highest BCUT2D eigenvalue weighted by atomic mass is 127. The molecule has 0 saturated heterocycles. The lowest BCUT2D eigenvalue weighted by Crippen LogP contribution is -2.08. The Labute approximate surface area is 184 Å². The molecule has 0 unspecified atom stereocenters. The second-order valence-corrected chi connectivity index (χ2v) is 8.70. The molecule has 3 heterocycles. The first-order valence-electron chi connectivity index (χ1n) is 8.87. The molecular weight excluding hydrogens is 529 g/mol. The van der Waals surface area contributed by atoms with E-state index in [0.29, 0.717) is 0 Å². The average Bonchev–Trinajstić information content (AvgIpc) is 3.34. The summed E-state index contributed by atoms with van der Waals surface area (Å²) in [5, 5.41) is 0. The average molecular weight is 544 g/mol. The molecule has 0 N–H and O–H groups in total. The number of nitrogens with zero attached hydrogens (tertiary/aromatic N) is 3. The third kappa shape index (κ3) is 2.86. The summed E-state index contributed by atoms with van der Waals surface area (Å²) in [5.74, 6) is 0.757. The van der Waals surface area contributed by atoms with Gasteiger partial charge in [0.15, 0.2) is 5.76 Å². The van der Waals surface area contributed by atoms with E-state index in [1.54, 1.807) is 6.26 Å². The SMILES string of the molecule is C[C@@H]1N=C(c2ccccc2I)c2cc(Br)ccc2-n2cnc(-c3ccco3)c21. The standard InChI is InChI=1S/C22H15BrIN3O/c1-13-22-21(19-7-4-10-28-19)25-12-27(22)18-9-8-14(23)11-16(18)20(26-13)15-5-2-3-6-17(15)24/h2-13H,1H3/t13-/m0/s1. The summed E-state index contributed by atoms with van der Waals surface area (Å²) in [7, 11) is 0. The van der Waals surface area contributed by atoms with Gasteiger partial charge in [-0.3, -0.25) is 9.56 Å². The van der Waals surface area contributed by atoms with Crippen LogP contribution in [0.2, 0.25) is 0 Å². The Hall–Kier alpha value is -2.19. The van der Waals surface area contributed by atoms with Crippen molar-refractivity contribution in [2.45, 2.75) is 13.0 Å². The smallest absolute Gasteiger partial charge is 0.154 e. The van der Waals surface area contributed by atoms with E-state index in [4.69, 9.17) is 9.41 Å². The fourth-order valence-electron chi connectivity index (χ4n) is 3.65. The molecule has 6 heteroatoms. The van der Waals surface area contributed by atoms with Crippen LogP contribution >= 0.6 is 38.5 Å². The van der Waals surface area contributed by atoms with Crippen LogP contribution in [0, 0.1) is 3.57 Å². The molecule has 4 aromatic rings. The van der Waals surface area contributed by atoms with Crippen LogP contribution in [0.5, 0.6) is 0 Å². The first kappa shape index (κ1) is 17.9. The van der Waals surface area contributed by atoms with Crippen molar-refractivity contribution >= 4 is 44.2 Å². The predicted octanol–water partition coefficient (Wildman–Crippen LogP) is 6.41. The third-order valence-electron chi connectivity index (χ3n) is 4.88. The molecule has 0 aliphatic carbocycles. The summed E-state index contributed by atoms with van der Waals surface area (Å²) >= 11 is 6.01. The molecule has 0 saturated carbocycles. The molecule has 2 aromatic heterocycles. The fourth-order valence-corrected chi connectivity index (χ4v) is 4.66. The molecule has 0 radical (unpaired) electrons. The van der Waals surface area contributed by atoms with Crippen LogP contribution in [0.15, 0.2) is 81.1 Å². The Balaban J connectivity index is 1.82. The lowest BCUT2D eigenvalue weighted by molar-refractivity contribution is 0.578. The quantitative estimate of drug-likeness (QED) is 0.274. The zero-order chi connectivity index (χ0) is 19.3. The van der Waals surface area contributed by atoms with Gasteiger partial charge in [-0.1, -0.05) is 34.1 Å². The van der Waals surface area contributed by atoms with Crippen molar-refractivity contribution < 1.29 is 4.42 Å². The third-order valence-corrected chi connectivity index (χ3v) is 6.31. The van der Waals surface area contributed by atoms with Crippen molar-refractivity contribution in [1.82, 2.24) is 9.55 Å². The van der Waals surface area contributed by atoms with Crippen molar-refractivity contribution in [3.63, 3.8) is 0 Å². The Bertz CT molecular complexity index is 1210. The molecule has 0 fully saturated rings. The zero-order valence-corrected chi connectivity index (χ0v) is 18.7. The first-order valence-corrected chi connectivity index (χ1v) is 10.7. The molecule has 0 spiro atoms. The first-order chi connectivity index (χ1) is 13.6.